The number of nitrogens with one attached hydrogen (secondary N) is 1. The number of benzene rings is 1. The molecule has 0 radical (unpaired) electrons. The van der Waals surface area contributed by atoms with E-state index in [4.69, 9.17) is 9.29 Å². The highest BCUT2D eigenvalue weighted by Gasteiger charge is 2.07. The maximum Gasteiger partial charge on any atom is 0.283 e. The first kappa shape index (κ1) is 12.8. The van der Waals surface area contributed by atoms with Crippen molar-refractivity contribution < 1.29 is 17.7 Å². The Labute approximate surface area is 95.2 Å². The topological polar surface area (TPSA) is 75.6 Å². The van der Waals surface area contributed by atoms with Crippen molar-refractivity contribution >= 4 is 15.8 Å². The Morgan fingerprint density at radius 1 is 1.38 bits per heavy atom. The number of hydrogen-bond acceptors (Lipinski definition) is 4. The molecule has 1 aromatic carbocycles. The zero-order chi connectivity index (χ0) is 12.0. The van der Waals surface area contributed by atoms with Crippen LogP contribution in [-0.4, -0.2) is 25.5 Å². The van der Waals surface area contributed by atoms with Crippen molar-refractivity contribution in [3.63, 3.8) is 0 Å². The fraction of sp³-hybridized carbons (Fsp3) is 0.400. The second-order valence-corrected chi connectivity index (χ2v) is 4.70. The molecule has 0 aliphatic carbocycles. The molecule has 0 saturated carbocycles. The van der Waals surface area contributed by atoms with Crippen molar-refractivity contribution in [2.75, 3.05) is 17.8 Å². The van der Waals surface area contributed by atoms with Crippen LogP contribution in [0.2, 0.25) is 0 Å². The Balaban J connectivity index is 2.71. The Hall–Kier alpha value is -1.27. The summed E-state index contributed by atoms with van der Waals surface area (Å²) in [6, 6.07) is 6.98. The van der Waals surface area contributed by atoms with Gasteiger partial charge in [0.05, 0.1) is 12.3 Å². The van der Waals surface area contributed by atoms with Crippen LogP contribution in [0.5, 0.6) is 5.75 Å². The molecule has 0 unspecified atom stereocenters. The van der Waals surface area contributed by atoms with Gasteiger partial charge < -0.3 is 10.1 Å². The predicted molar refractivity (Wildman–Crippen MR) is 62.3 cm³/mol. The summed E-state index contributed by atoms with van der Waals surface area (Å²) in [5, 5.41) is 2.60. The van der Waals surface area contributed by atoms with E-state index >= 15 is 0 Å². The lowest BCUT2D eigenvalue weighted by Crippen LogP contribution is -2.13. The van der Waals surface area contributed by atoms with E-state index < -0.39 is 16.0 Å². The van der Waals surface area contributed by atoms with E-state index in [0.29, 0.717) is 18.0 Å². The van der Waals surface area contributed by atoms with Crippen molar-refractivity contribution in [3.8, 4) is 5.75 Å². The molecule has 6 heteroatoms. The Morgan fingerprint density at radius 3 is 2.69 bits per heavy atom. The Kier molecular flexibility index (Phi) is 4.57. The quantitative estimate of drug-likeness (QED) is 0.746. The number of anilines is 1. The maximum atomic E-state index is 10.6. The maximum absolute atomic E-state index is 10.6. The highest BCUT2D eigenvalue weighted by Crippen LogP contribution is 2.23. The van der Waals surface area contributed by atoms with Gasteiger partial charge in [-0.15, -0.1) is 0 Å². The number of ether oxygens (including phenoxy) is 1. The van der Waals surface area contributed by atoms with Gasteiger partial charge in [-0.3, -0.25) is 4.55 Å². The van der Waals surface area contributed by atoms with Gasteiger partial charge >= 0.3 is 0 Å². The smallest absolute Gasteiger partial charge is 0.283 e. The first-order valence-corrected chi connectivity index (χ1v) is 6.54. The van der Waals surface area contributed by atoms with E-state index in [0.717, 1.165) is 6.42 Å². The monoisotopic (exact) mass is 245 g/mol. The minimum absolute atomic E-state index is 0.528. The van der Waals surface area contributed by atoms with Gasteiger partial charge in [0.15, 0.2) is 0 Å². The van der Waals surface area contributed by atoms with Crippen molar-refractivity contribution in [3.05, 3.63) is 24.3 Å². The molecule has 0 aliphatic rings. The second-order valence-electron chi connectivity index (χ2n) is 3.25. The minimum atomic E-state index is -4.03. The summed E-state index contributed by atoms with van der Waals surface area (Å²) >= 11 is 0. The van der Waals surface area contributed by atoms with Crippen molar-refractivity contribution in [2.45, 2.75) is 13.3 Å². The van der Waals surface area contributed by atoms with Crippen LogP contribution in [0.1, 0.15) is 13.3 Å². The van der Waals surface area contributed by atoms with Gasteiger partial charge in [0.25, 0.3) is 10.1 Å². The summed E-state index contributed by atoms with van der Waals surface area (Å²) in [4.78, 5) is 0. The Bertz CT molecular complexity index is 430. The van der Waals surface area contributed by atoms with Crippen LogP contribution >= 0.6 is 0 Å². The molecular weight excluding hydrogens is 230 g/mol. The summed E-state index contributed by atoms with van der Waals surface area (Å²) in [5.41, 5.74) is 0.550. The van der Waals surface area contributed by atoms with Crippen molar-refractivity contribution in [2.24, 2.45) is 0 Å². The molecule has 16 heavy (non-hydrogen) atoms. The summed E-state index contributed by atoms with van der Waals surface area (Å²) in [5.74, 6) is 0.0486. The summed E-state index contributed by atoms with van der Waals surface area (Å²) in [6.07, 6.45) is 0.868. The molecular formula is C10H15NO4S. The normalized spacial score (nSPS) is 11.1. The van der Waals surface area contributed by atoms with Crippen LogP contribution in [0.4, 0.5) is 5.69 Å². The van der Waals surface area contributed by atoms with E-state index in [-0.39, 0.29) is 0 Å². The van der Waals surface area contributed by atoms with Gasteiger partial charge in [-0.1, -0.05) is 19.1 Å². The third kappa shape index (κ3) is 4.50. The van der Waals surface area contributed by atoms with Crippen LogP contribution < -0.4 is 10.1 Å². The molecule has 0 heterocycles. The van der Waals surface area contributed by atoms with Crippen molar-refractivity contribution in [1.82, 2.24) is 0 Å². The molecule has 0 fully saturated rings. The van der Waals surface area contributed by atoms with Gasteiger partial charge in [-0.25, -0.2) is 0 Å². The minimum Gasteiger partial charge on any atom is -0.491 e. The van der Waals surface area contributed by atoms with Crippen molar-refractivity contribution in [1.29, 1.82) is 0 Å². The van der Waals surface area contributed by atoms with Gasteiger partial charge in [0, 0.05) is 0 Å². The molecule has 1 rings (SSSR count). The third-order valence-corrected chi connectivity index (χ3v) is 2.30. The standard InChI is InChI=1S/C10H15NO4S/c1-2-7-15-10-6-4-3-5-9(10)11-8-16(12,13)14/h3-6,11H,2,7-8H2,1H3,(H,12,13,14). The lowest BCUT2D eigenvalue weighted by molar-refractivity contribution is 0.319. The second kappa shape index (κ2) is 5.72. The predicted octanol–water partition coefficient (Wildman–Crippen LogP) is 1.73. The molecule has 0 bridgehead atoms. The van der Waals surface area contributed by atoms with Gasteiger partial charge in [-0.2, -0.15) is 8.42 Å². The van der Waals surface area contributed by atoms with E-state index in [1.807, 2.05) is 6.92 Å². The van der Waals surface area contributed by atoms with Crippen LogP contribution in [0.25, 0.3) is 0 Å². The lowest BCUT2D eigenvalue weighted by Gasteiger charge is -2.11. The molecule has 1 aromatic rings. The summed E-state index contributed by atoms with van der Waals surface area (Å²) < 4.78 is 35.2. The molecule has 2 N–H and O–H groups in total. The zero-order valence-corrected chi connectivity index (χ0v) is 9.83. The molecule has 0 aromatic heterocycles. The van der Waals surface area contributed by atoms with Crippen LogP contribution in [0, 0.1) is 0 Å². The largest absolute Gasteiger partial charge is 0.491 e. The van der Waals surface area contributed by atoms with Gasteiger partial charge in [-0.05, 0) is 18.6 Å². The van der Waals surface area contributed by atoms with Crippen LogP contribution in [-0.2, 0) is 10.1 Å². The van der Waals surface area contributed by atoms with E-state index in [9.17, 15) is 8.42 Å². The number of para-hydroxylation sites is 2. The third-order valence-electron chi connectivity index (χ3n) is 1.79. The van der Waals surface area contributed by atoms with Gasteiger partial charge in [0.2, 0.25) is 0 Å². The summed E-state index contributed by atoms with van der Waals surface area (Å²) in [7, 11) is -4.03. The van der Waals surface area contributed by atoms with E-state index in [1.165, 1.54) is 0 Å². The SMILES string of the molecule is CCCOc1ccccc1NCS(=O)(=O)O. The van der Waals surface area contributed by atoms with Gasteiger partial charge in [0.1, 0.15) is 11.6 Å². The van der Waals surface area contributed by atoms with Crippen LogP contribution in [0.15, 0.2) is 24.3 Å². The molecule has 90 valence electrons. The first-order chi connectivity index (χ1) is 7.53. The molecule has 0 amide bonds. The molecule has 0 spiro atoms. The lowest BCUT2D eigenvalue weighted by atomic mass is 10.3. The number of rotatable bonds is 6. The average Bonchev–Trinajstić information content (AvgIpc) is 2.23. The zero-order valence-electron chi connectivity index (χ0n) is 9.01. The Morgan fingerprint density at radius 2 is 2.06 bits per heavy atom. The molecule has 0 atom stereocenters. The average molecular weight is 245 g/mol. The fourth-order valence-corrected chi connectivity index (χ4v) is 1.46. The molecule has 0 saturated heterocycles. The molecule has 0 aliphatic heterocycles. The van der Waals surface area contributed by atoms with E-state index in [1.54, 1.807) is 24.3 Å². The first-order valence-electron chi connectivity index (χ1n) is 4.94. The van der Waals surface area contributed by atoms with E-state index in [2.05, 4.69) is 5.32 Å². The number of hydrogen-bond donors (Lipinski definition) is 2. The highest BCUT2D eigenvalue weighted by molar-refractivity contribution is 7.85. The molecule has 5 nitrogen and oxygen atoms in total. The summed E-state index contributed by atoms with van der Waals surface area (Å²) in [6.45, 7) is 2.54. The van der Waals surface area contributed by atoms with Crippen LogP contribution in [0.3, 0.4) is 0 Å². The highest BCUT2D eigenvalue weighted by atomic mass is 32.2. The fourth-order valence-electron chi connectivity index (χ4n) is 1.12.